The molecule has 1 aliphatic heterocycles. The maximum Gasteiger partial charge on any atom is 0.305 e. The summed E-state index contributed by atoms with van der Waals surface area (Å²) < 4.78 is 35.8. The van der Waals surface area contributed by atoms with Crippen molar-refractivity contribution in [2.24, 2.45) is 4.40 Å². The Bertz CT molecular complexity index is 1330. The number of benzene rings is 3. The Hall–Kier alpha value is -3.42. The molecule has 182 valence electrons. The second-order valence-corrected chi connectivity index (χ2v) is 11.1. The van der Waals surface area contributed by atoms with Crippen LogP contribution in [0.2, 0.25) is 0 Å². The van der Waals surface area contributed by atoms with Crippen LogP contribution in [-0.2, 0) is 19.5 Å². The van der Waals surface area contributed by atoms with Gasteiger partial charge in [0.1, 0.15) is 5.60 Å². The van der Waals surface area contributed by atoms with Crippen molar-refractivity contribution in [2.45, 2.75) is 37.5 Å². The predicted octanol–water partition coefficient (Wildman–Crippen LogP) is 5.08. The minimum absolute atomic E-state index is 0.0451. The standard InChI is InChI=1S/C28H30N2O4S/c1-27(2)28(3,25-16-14-23(15-17-25)21-10-6-4-7-11-21)35(32,33)30-26(34-27)29-20-24(18-19-31)22-12-8-5-9-13-22/h4-17,20,31H,18-19H2,1-3H3,(H,29,30)/b24-20-. The minimum Gasteiger partial charge on any atom is -0.456 e. The second-order valence-electron chi connectivity index (χ2n) is 9.11. The average molecular weight is 491 g/mol. The quantitative estimate of drug-likeness (QED) is 0.503. The Morgan fingerprint density at radius 3 is 2.06 bits per heavy atom. The topological polar surface area (TPSA) is 88.0 Å². The summed E-state index contributed by atoms with van der Waals surface area (Å²) in [4.78, 5) is 0. The highest BCUT2D eigenvalue weighted by atomic mass is 32.2. The third kappa shape index (κ3) is 4.74. The van der Waals surface area contributed by atoms with E-state index in [1.165, 1.54) is 0 Å². The van der Waals surface area contributed by atoms with Crippen LogP contribution in [0, 0.1) is 0 Å². The molecular formula is C28H30N2O4S. The molecule has 3 aromatic carbocycles. The van der Waals surface area contributed by atoms with Crippen LogP contribution in [0.5, 0.6) is 0 Å². The van der Waals surface area contributed by atoms with Crippen LogP contribution in [0.3, 0.4) is 0 Å². The van der Waals surface area contributed by atoms with E-state index in [-0.39, 0.29) is 12.6 Å². The van der Waals surface area contributed by atoms with E-state index in [2.05, 4.69) is 9.71 Å². The molecule has 6 nitrogen and oxygen atoms in total. The van der Waals surface area contributed by atoms with Crippen molar-refractivity contribution < 1.29 is 18.3 Å². The van der Waals surface area contributed by atoms with Crippen LogP contribution < -0.4 is 5.32 Å². The number of aliphatic hydroxyl groups excluding tert-OH is 1. The van der Waals surface area contributed by atoms with Gasteiger partial charge in [-0.2, -0.15) is 0 Å². The molecule has 0 spiro atoms. The van der Waals surface area contributed by atoms with Gasteiger partial charge >= 0.3 is 6.02 Å². The summed E-state index contributed by atoms with van der Waals surface area (Å²) >= 11 is 0. The molecule has 3 aromatic rings. The maximum atomic E-state index is 13.6. The smallest absolute Gasteiger partial charge is 0.305 e. The van der Waals surface area contributed by atoms with Crippen molar-refractivity contribution in [3.63, 3.8) is 0 Å². The van der Waals surface area contributed by atoms with Crippen molar-refractivity contribution in [3.05, 3.63) is 102 Å². The lowest BCUT2D eigenvalue weighted by molar-refractivity contribution is 0.0422. The highest BCUT2D eigenvalue weighted by Gasteiger charge is 2.58. The van der Waals surface area contributed by atoms with Gasteiger partial charge in [-0.25, -0.2) is 8.42 Å². The molecular weight excluding hydrogens is 460 g/mol. The zero-order valence-electron chi connectivity index (χ0n) is 20.1. The molecule has 0 aromatic heterocycles. The number of hydrogen-bond donors (Lipinski definition) is 2. The Morgan fingerprint density at radius 1 is 0.914 bits per heavy atom. The summed E-state index contributed by atoms with van der Waals surface area (Å²) in [5, 5.41) is 12.4. The fraction of sp³-hybridized carbons (Fsp3) is 0.250. The number of rotatable bonds is 6. The summed E-state index contributed by atoms with van der Waals surface area (Å²) in [6.45, 7) is 5.11. The van der Waals surface area contributed by atoms with Gasteiger partial charge in [-0.1, -0.05) is 84.9 Å². The first-order valence-corrected chi connectivity index (χ1v) is 12.9. The Morgan fingerprint density at radius 2 is 1.49 bits per heavy atom. The molecule has 1 heterocycles. The van der Waals surface area contributed by atoms with Crippen LogP contribution in [0.15, 0.2) is 95.5 Å². The third-order valence-corrected chi connectivity index (χ3v) is 8.82. The van der Waals surface area contributed by atoms with Crippen molar-refractivity contribution in [1.82, 2.24) is 5.32 Å². The van der Waals surface area contributed by atoms with Gasteiger partial charge in [-0.3, -0.25) is 0 Å². The molecule has 0 saturated carbocycles. The van der Waals surface area contributed by atoms with Gasteiger partial charge in [0.25, 0.3) is 10.0 Å². The number of ether oxygens (including phenoxy) is 1. The van der Waals surface area contributed by atoms with Crippen LogP contribution in [0.25, 0.3) is 16.7 Å². The number of nitrogens with zero attached hydrogens (tertiary/aromatic N) is 1. The molecule has 2 N–H and O–H groups in total. The first-order valence-electron chi connectivity index (χ1n) is 11.5. The van der Waals surface area contributed by atoms with Crippen molar-refractivity contribution in [2.75, 3.05) is 6.61 Å². The average Bonchev–Trinajstić information content (AvgIpc) is 2.86. The molecule has 4 rings (SSSR count). The molecule has 1 aliphatic rings. The van der Waals surface area contributed by atoms with Gasteiger partial charge in [0.05, 0.1) is 0 Å². The number of hydrogen-bond acceptors (Lipinski definition) is 5. The maximum absolute atomic E-state index is 13.6. The fourth-order valence-corrected chi connectivity index (χ4v) is 5.84. The molecule has 0 fully saturated rings. The van der Waals surface area contributed by atoms with E-state index >= 15 is 0 Å². The fourth-order valence-electron chi connectivity index (χ4n) is 4.25. The zero-order chi connectivity index (χ0) is 25.1. The SMILES string of the molecule is CC1(C)OC(N/C=C(/CCO)c2ccccc2)=NS(=O)(=O)C1(C)c1ccc(-c2ccccc2)cc1. The summed E-state index contributed by atoms with van der Waals surface area (Å²) in [5.74, 6) is 0. The van der Waals surface area contributed by atoms with E-state index in [0.29, 0.717) is 12.0 Å². The summed E-state index contributed by atoms with van der Waals surface area (Å²) in [6, 6.07) is 26.9. The van der Waals surface area contributed by atoms with E-state index < -0.39 is 20.4 Å². The molecule has 1 unspecified atom stereocenters. The monoisotopic (exact) mass is 490 g/mol. The molecule has 0 saturated heterocycles. The number of nitrogens with one attached hydrogen (secondary N) is 1. The molecule has 0 aliphatic carbocycles. The first-order chi connectivity index (χ1) is 16.7. The number of amidine groups is 1. The lowest BCUT2D eigenvalue weighted by Gasteiger charge is -2.44. The van der Waals surface area contributed by atoms with Crippen LogP contribution >= 0.6 is 0 Å². The highest BCUT2D eigenvalue weighted by molar-refractivity contribution is 7.91. The molecule has 0 bridgehead atoms. The lowest BCUT2D eigenvalue weighted by Crippen LogP contribution is -2.57. The molecule has 0 amide bonds. The Balaban J connectivity index is 1.66. The van der Waals surface area contributed by atoms with Gasteiger partial charge in [-0.05, 0) is 55.0 Å². The van der Waals surface area contributed by atoms with Crippen LogP contribution in [0.1, 0.15) is 38.3 Å². The first kappa shape index (κ1) is 24.7. The van der Waals surface area contributed by atoms with Gasteiger partial charge in [-0.15, -0.1) is 4.40 Å². The van der Waals surface area contributed by atoms with Crippen molar-refractivity contribution in [1.29, 1.82) is 0 Å². The van der Waals surface area contributed by atoms with Gasteiger partial charge < -0.3 is 15.2 Å². The normalized spacial score (nSPS) is 21.0. The third-order valence-electron chi connectivity index (χ3n) is 6.66. The number of aliphatic hydroxyl groups is 1. The van der Waals surface area contributed by atoms with E-state index in [0.717, 1.165) is 22.3 Å². The summed E-state index contributed by atoms with van der Waals surface area (Å²) in [7, 11) is -4.01. The molecule has 0 radical (unpaired) electrons. The highest BCUT2D eigenvalue weighted by Crippen LogP contribution is 2.46. The van der Waals surface area contributed by atoms with Crippen molar-refractivity contribution >= 4 is 21.6 Å². The Kier molecular flexibility index (Phi) is 6.83. The summed E-state index contributed by atoms with van der Waals surface area (Å²) in [5.41, 5.74) is 3.25. The summed E-state index contributed by atoms with van der Waals surface area (Å²) in [6.07, 6.45) is 2.03. The van der Waals surface area contributed by atoms with Crippen LogP contribution in [0.4, 0.5) is 0 Å². The predicted molar refractivity (Wildman–Crippen MR) is 140 cm³/mol. The van der Waals surface area contributed by atoms with Crippen LogP contribution in [-0.4, -0.2) is 31.8 Å². The van der Waals surface area contributed by atoms with E-state index in [1.807, 2.05) is 84.9 Å². The van der Waals surface area contributed by atoms with E-state index in [1.54, 1.807) is 27.0 Å². The van der Waals surface area contributed by atoms with Crippen molar-refractivity contribution in [3.8, 4) is 11.1 Å². The minimum atomic E-state index is -4.01. The van der Waals surface area contributed by atoms with Gasteiger partial charge in [0.2, 0.25) is 0 Å². The molecule has 35 heavy (non-hydrogen) atoms. The largest absolute Gasteiger partial charge is 0.456 e. The van der Waals surface area contributed by atoms with E-state index in [4.69, 9.17) is 4.74 Å². The van der Waals surface area contributed by atoms with Gasteiger partial charge in [0, 0.05) is 12.8 Å². The Labute approximate surface area is 207 Å². The second kappa shape index (κ2) is 9.68. The number of sulfonamides is 1. The van der Waals surface area contributed by atoms with Gasteiger partial charge in [0.15, 0.2) is 4.75 Å². The zero-order valence-corrected chi connectivity index (χ0v) is 20.9. The molecule has 7 heteroatoms. The molecule has 1 atom stereocenters. The van der Waals surface area contributed by atoms with E-state index in [9.17, 15) is 13.5 Å². The lowest BCUT2D eigenvalue weighted by atomic mass is 9.84.